The Bertz CT molecular complexity index is 1220. The summed E-state index contributed by atoms with van der Waals surface area (Å²) in [6, 6.07) is 0.412. The molecule has 0 spiro atoms. The van der Waals surface area contributed by atoms with Crippen molar-refractivity contribution in [3.63, 3.8) is 0 Å². The molecule has 0 bridgehead atoms. The van der Waals surface area contributed by atoms with Gasteiger partial charge in [0.2, 0.25) is 5.89 Å². The zero-order valence-corrected chi connectivity index (χ0v) is 23.3. The summed E-state index contributed by atoms with van der Waals surface area (Å²) in [5, 5.41) is 13.5. The van der Waals surface area contributed by atoms with Crippen LogP contribution in [0.1, 0.15) is 55.2 Å². The molecule has 2 aliphatic rings. The van der Waals surface area contributed by atoms with E-state index >= 15 is 0 Å². The number of aromatic nitrogens is 1. The van der Waals surface area contributed by atoms with E-state index in [9.17, 15) is 44.6 Å². The molecule has 2 fully saturated rings. The zero-order chi connectivity index (χ0) is 31.6. The van der Waals surface area contributed by atoms with Crippen LogP contribution in [0.25, 0.3) is 11.5 Å². The second-order valence-electron chi connectivity index (χ2n) is 11.2. The van der Waals surface area contributed by atoms with Gasteiger partial charge in [-0.25, -0.2) is 4.98 Å². The Morgan fingerprint density at radius 3 is 2.12 bits per heavy atom. The maximum Gasteiger partial charge on any atom is 0.436 e. The fourth-order valence-electron chi connectivity index (χ4n) is 5.47. The quantitative estimate of drug-likeness (QED) is 0.249. The largest absolute Gasteiger partial charge is 0.439 e. The summed E-state index contributed by atoms with van der Waals surface area (Å²) in [5.74, 6) is -1.27. The summed E-state index contributed by atoms with van der Waals surface area (Å²) in [6.07, 6.45) is -9.48. The van der Waals surface area contributed by atoms with Gasteiger partial charge in [-0.3, -0.25) is 9.80 Å². The molecule has 1 aromatic heterocycles. The molecule has 43 heavy (non-hydrogen) atoms. The maximum absolute atomic E-state index is 13.8. The Morgan fingerprint density at radius 1 is 0.930 bits per heavy atom. The van der Waals surface area contributed by atoms with Crippen molar-refractivity contribution in [1.82, 2.24) is 20.1 Å². The van der Waals surface area contributed by atoms with Gasteiger partial charge in [-0.15, -0.1) is 0 Å². The number of benzene rings is 1. The molecule has 0 aliphatic carbocycles. The second kappa shape index (κ2) is 13.1. The van der Waals surface area contributed by atoms with Crippen LogP contribution in [0.15, 0.2) is 34.9 Å². The lowest BCUT2D eigenvalue weighted by Gasteiger charge is -2.34. The molecule has 2 unspecified atom stereocenters. The van der Waals surface area contributed by atoms with Crippen LogP contribution < -0.4 is 5.32 Å². The van der Waals surface area contributed by atoms with E-state index in [2.05, 4.69) is 22.1 Å². The molecule has 2 saturated heterocycles. The summed E-state index contributed by atoms with van der Waals surface area (Å²) in [4.78, 5) is 7.20. The average molecular weight is 629 g/mol. The highest BCUT2D eigenvalue weighted by Gasteiger charge is 2.41. The molecule has 6 nitrogen and oxygen atoms in total. The normalized spacial score (nSPS) is 21.0. The number of alkyl halides is 9. The van der Waals surface area contributed by atoms with E-state index in [0.717, 1.165) is 26.1 Å². The van der Waals surface area contributed by atoms with Crippen LogP contribution in [0.5, 0.6) is 0 Å². The second-order valence-corrected chi connectivity index (χ2v) is 11.2. The maximum atomic E-state index is 13.8. The number of hydrogen-bond acceptors (Lipinski definition) is 6. The van der Waals surface area contributed by atoms with Crippen molar-refractivity contribution in [3.05, 3.63) is 53.1 Å². The number of halogens is 9. The standard InChI is InChI=1S/C28H33F9N4O2/c1-17-4-2-8-40(15-17)9-3-7-38-24(42)18-5-10-41(11-6-18)16-22-23(28(35,36)37)39-25(43-22)19-12-20(26(29,30)31)14-21(13-19)27(32,33)34/h3,7,12-14,17-18,24,38,42H,2,4-6,8-11,15-16H2,1H3/b7-3+. The highest BCUT2D eigenvalue weighted by molar-refractivity contribution is 5.58. The number of aliphatic hydroxyl groups excluding tert-OH is 1. The molecular formula is C28H33F9N4O2. The summed E-state index contributed by atoms with van der Waals surface area (Å²) >= 11 is 0. The van der Waals surface area contributed by atoms with E-state index in [4.69, 9.17) is 4.42 Å². The van der Waals surface area contributed by atoms with Crippen LogP contribution >= 0.6 is 0 Å². The van der Waals surface area contributed by atoms with Gasteiger partial charge in [-0.2, -0.15) is 39.5 Å². The first-order valence-corrected chi connectivity index (χ1v) is 13.9. The number of nitrogens with one attached hydrogen (secondary N) is 1. The van der Waals surface area contributed by atoms with Gasteiger partial charge >= 0.3 is 18.5 Å². The van der Waals surface area contributed by atoms with Crippen molar-refractivity contribution < 1.29 is 49.0 Å². The molecular weight excluding hydrogens is 595 g/mol. The number of rotatable bonds is 8. The van der Waals surface area contributed by atoms with Crippen LogP contribution in [-0.2, 0) is 25.1 Å². The zero-order valence-electron chi connectivity index (χ0n) is 23.3. The van der Waals surface area contributed by atoms with Crippen molar-refractivity contribution in [2.45, 2.75) is 63.9 Å². The molecule has 0 radical (unpaired) electrons. The van der Waals surface area contributed by atoms with E-state index < -0.39 is 65.3 Å². The Hall–Kier alpha value is -2.78. The lowest BCUT2D eigenvalue weighted by atomic mass is 9.95. The minimum atomic E-state index is -5.19. The molecule has 0 amide bonds. The summed E-state index contributed by atoms with van der Waals surface area (Å²) in [7, 11) is 0. The number of aliphatic hydroxyl groups is 1. The molecule has 15 heteroatoms. The van der Waals surface area contributed by atoms with Crippen LogP contribution in [0, 0.1) is 11.8 Å². The third kappa shape index (κ3) is 8.88. The molecule has 240 valence electrons. The molecule has 2 aliphatic heterocycles. The van der Waals surface area contributed by atoms with Crippen LogP contribution in [0.4, 0.5) is 39.5 Å². The van der Waals surface area contributed by atoms with E-state index in [1.807, 2.05) is 6.08 Å². The highest BCUT2D eigenvalue weighted by Crippen LogP contribution is 2.40. The van der Waals surface area contributed by atoms with Crippen molar-refractivity contribution >= 4 is 0 Å². The number of oxazole rings is 1. The van der Waals surface area contributed by atoms with E-state index in [1.165, 1.54) is 6.42 Å². The first-order chi connectivity index (χ1) is 20.0. The van der Waals surface area contributed by atoms with E-state index in [-0.39, 0.29) is 37.2 Å². The fourth-order valence-corrected chi connectivity index (χ4v) is 5.47. The van der Waals surface area contributed by atoms with Gasteiger partial charge < -0.3 is 14.8 Å². The smallest absolute Gasteiger partial charge is 0.436 e. The minimum absolute atomic E-state index is 0.129. The Balaban J connectivity index is 1.41. The van der Waals surface area contributed by atoms with Crippen molar-refractivity contribution in [1.29, 1.82) is 0 Å². The Labute approximate surface area is 242 Å². The van der Waals surface area contributed by atoms with Gasteiger partial charge in [0.05, 0.1) is 17.7 Å². The predicted molar refractivity (Wildman–Crippen MR) is 138 cm³/mol. The summed E-state index contributed by atoms with van der Waals surface area (Å²) < 4.78 is 126. The van der Waals surface area contributed by atoms with Gasteiger partial charge in [-0.1, -0.05) is 13.0 Å². The number of likely N-dealkylation sites (tertiary alicyclic amines) is 2. The summed E-state index contributed by atoms with van der Waals surface area (Å²) in [5.41, 5.74) is -5.80. The Morgan fingerprint density at radius 2 is 1.56 bits per heavy atom. The topological polar surface area (TPSA) is 64.8 Å². The van der Waals surface area contributed by atoms with Crippen molar-refractivity contribution in [2.75, 3.05) is 32.7 Å². The average Bonchev–Trinajstić information content (AvgIpc) is 3.35. The summed E-state index contributed by atoms with van der Waals surface area (Å²) in [6.45, 7) is 5.12. The number of nitrogens with zero attached hydrogens (tertiary/aromatic N) is 3. The molecule has 2 atom stereocenters. The molecule has 4 rings (SSSR count). The highest BCUT2D eigenvalue weighted by atomic mass is 19.4. The van der Waals surface area contributed by atoms with Crippen LogP contribution in [0.2, 0.25) is 0 Å². The molecule has 0 saturated carbocycles. The lowest BCUT2D eigenvalue weighted by Crippen LogP contribution is -2.41. The van der Waals surface area contributed by atoms with Crippen molar-refractivity contribution in [2.24, 2.45) is 11.8 Å². The van der Waals surface area contributed by atoms with Gasteiger partial charge in [0, 0.05) is 24.6 Å². The van der Waals surface area contributed by atoms with Gasteiger partial charge in [-0.05, 0) is 75.6 Å². The third-order valence-corrected chi connectivity index (χ3v) is 7.74. The van der Waals surface area contributed by atoms with Crippen LogP contribution in [0.3, 0.4) is 0 Å². The lowest BCUT2D eigenvalue weighted by molar-refractivity contribution is -0.144. The molecule has 2 N–H and O–H groups in total. The predicted octanol–water partition coefficient (Wildman–Crippen LogP) is 6.76. The van der Waals surface area contributed by atoms with Gasteiger partial charge in [0.1, 0.15) is 6.23 Å². The van der Waals surface area contributed by atoms with E-state index in [1.54, 1.807) is 11.1 Å². The number of piperidine rings is 2. The van der Waals surface area contributed by atoms with Crippen molar-refractivity contribution in [3.8, 4) is 11.5 Å². The molecule has 3 heterocycles. The van der Waals surface area contributed by atoms with Gasteiger partial charge in [0.15, 0.2) is 11.5 Å². The van der Waals surface area contributed by atoms with E-state index in [0.29, 0.717) is 18.8 Å². The first-order valence-electron chi connectivity index (χ1n) is 13.9. The monoisotopic (exact) mass is 628 g/mol. The third-order valence-electron chi connectivity index (χ3n) is 7.74. The SMILES string of the molecule is CC1CCCN(C/C=C/NC(O)C2CCN(Cc3oc(-c4cc(C(F)(F)F)cc(C(F)(F)F)c4)nc3C(F)(F)F)CC2)C1. The van der Waals surface area contributed by atoms with Crippen LogP contribution in [-0.4, -0.2) is 58.8 Å². The van der Waals surface area contributed by atoms with Gasteiger partial charge in [0.25, 0.3) is 0 Å². The molecule has 1 aromatic carbocycles. The molecule has 2 aromatic rings. The number of hydrogen-bond donors (Lipinski definition) is 2. The fraction of sp³-hybridized carbons (Fsp3) is 0.607. The Kier molecular flexibility index (Phi) is 10.1. The minimum Gasteiger partial charge on any atom is -0.439 e. The first kappa shape index (κ1) is 33.1.